The molecule has 1 aliphatic rings. The average Bonchev–Trinajstić information content (AvgIpc) is 2.79. The van der Waals surface area contributed by atoms with Gasteiger partial charge < -0.3 is 14.8 Å². The maximum atomic E-state index is 14.9. The fourth-order valence-electron chi connectivity index (χ4n) is 3.82. The van der Waals surface area contributed by atoms with E-state index in [1.807, 2.05) is 40.7 Å². The highest BCUT2D eigenvalue weighted by atomic mass is 79.9. The quantitative estimate of drug-likeness (QED) is 0.435. The Morgan fingerprint density at radius 2 is 1.90 bits per heavy atom. The largest absolute Gasteiger partial charge is 0.367 e. The second-order valence-electron chi connectivity index (χ2n) is 7.46. The third kappa shape index (κ3) is 4.48. The number of hydrogen-bond donors (Lipinski definition) is 1. The number of benzene rings is 2. The molecular weight excluding hydrogens is 461 g/mol. The van der Waals surface area contributed by atoms with Crippen LogP contribution in [0.5, 0.6) is 0 Å². The van der Waals surface area contributed by atoms with Gasteiger partial charge in [0, 0.05) is 48.8 Å². The van der Waals surface area contributed by atoms with Gasteiger partial charge in [0.15, 0.2) is 5.78 Å². The first-order valence-electron chi connectivity index (χ1n) is 10.3. The minimum Gasteiger partial charge on any atom is -0.367 e. The van der Waals surface area contributed by atoms with Crippen molar-refractivity contribution in [3.8, 4) is 0 Å². The molecule has 0 amide bonds. The molecule has 160 valence electrons. The molecule has 3 aromatic rings. The standard InChI is InChI=1S/C24H23BrFN3O2/c1-2-28-15-19(23(30)8-5-16-3-6-17(25)7-4-16)24(31)18-13-20(26)22(14-21(18)28)29-11-9-27-10-12-29/h3-8,13-15,27H,2,9-12H2,1H3. The Labute approximate surface area is 188 Å². The molecule has 0 atom stereocenters. The Kier molecular flexibility index (Phi) is 6.34. The van der Waals surface area contributed by atoms with Gasteiger partial charge in [-0.05, 0) is 42.8 Å². The zero-order chi connectivity index (χ0) is 22.0. The van der Waals surface area contributed by atoms with E-state index >= 15 is 0 Å². The Morgan fingerprint density at radius 3 is 2.58 bits per heavy atom. The summed E-state index contributed by atoms with van der Waals surface area (Å²) in [4.78, 5) is 27.8. The number of carbonyl (C=O) groups excluding carboxylic acids is 1. The lowest BCUT2D eigenvalue weighted by molar-refractivity contribution is 0.104. The molecule has 0 aliphatic carbocycles. The van der Waals surface area contributed by atoms with Crippen LogP contribution in [-0.4, -0.2) is 36.5 Å². The minimum absolute atomic E-state index is 0.0389. The van der Waals surface area contributed by atoms with Gasteiger partial charge in [0.05, 0.1) is 16.8 Å². The smallest absolute Gasteiger partial charge is 0.200 e. The number of rotatable bonds is 5. The molecule has 1 N–H and O–H groups in total. The van der Waals surface area contributed by atoms with Gasteiger partial charge in [-0.15, -0.1) is 0 Å². The molecule has 0 spiro atoms. The molecule has 1 fully saturated rings. The minimum atomic E-state index is -0.448. The van der Waals surface area contributed by atoms with Crippen LogP contribution in [0.2, 0.25) is 0 Å². The van der Waals surface area contributed by atoms with Gasteiger partial charge in [-0.25, -0.2) is 4.39 Å². The van der Waals surface area contributed by atoms with Crippen molar-refractivity contribution in [2.45, 2.75) is 13.5 Å². The first kappa shape index (κ1) is 21.5. The number of pyridine rings is 1. The highest BCUT2D eigenvalue weighted by molar-refractivity contribution is 9.10. The molecule has 0 radical (unpaired) electrons. The summed E-state index contributed by atoms with van der Waals surface area (Å²) < 4.78 is 17.7. The van der Waals surface area contributed by atoms with Gasteiger partial charge in [-0.2, -0.15) is 0 Å². The second-order valence-corrected chi connectivity index (χ2v) is 8.38. The summed E-state index contributed by atoms with van der Waals surface area (Å²) in [7, 11) is 0. The van der Waals surface area contributed by atoms with E-state index in [2.05, 4.69) is 21.2 Å². The lowest BCUT2D eigenvalue weighted by Gasteiger charge is -2.30. The van der Waals surface area contributed by atoms with E-state index in [0.29, 0.717) is 30.8 Å². The molecule has 0 saturated carbocycles. The predicted molar refractivity (Wildman–Crippen MR) is 126 cm³/mol. The highest BCUT2D eigenvalue weighted by Crippen LogP contribution is 2.26. The molecule has 1 aliphatic heterocycles. The normalized spacial score (nSPS) is 14.5. The van der Waals surface area contributed by atoms with Crippen LogP contribution in [0.25, 0.3) is 17.0 Å². The number of aryl methyl sites for hydroxylation is 1. The van der Waals surface area contributed by atoms with Crippen LogP contribution < -0.4 is 15.6 Å². The molecule has 0 unspecified atom stereocenters. The number of ketones is 1. The fraction of sp³-hybridized carbons (Fsp3) is 0.250. The maximum absolute atomic E-state index is 14.9. The van der Waals surface area contributed by atoms with E-state index in [-0.39, 0.29) is 10.9 Å². The number of nitrogens with one attached hydrogen (secondary N) is 1. The van der Waals surface area contributed by atoms with Gasteiger partial charge in [-0.3, -0.25) is 9.59 Å². The van der Waals surface area contributed by atoms with Crippen LogP contribution >= 0.6 is 15.9 Å². The SMILES string of the molecule is CCn1cc(C(=O)C=Cc2ccc(Br)cc2)c(=O)c2cc(F)c(N3CCNCC3)cc21. The number of hydrogen-bond acceptors (Lipinski definition) is 4. The van der Waals surface area contributed by atoms with Crippen molar-refractivity contribution in [3.05, 3.63) is 80.3 Å². The van der Waals surface area contributed by atoms with Gasteiger partial charge in [0.1, 0.15) is 5.82 Å². The molecule has 7 heteroatoms. The second kappa shape index (κ2) is 9.16. The summed E-state index contributed by atoms with van der Waals surface area (Å²) in [6, 6.07) is 10.5. The molecule has 2 heterocycles. The Hall–Kier alpha value is -2.77. The Bertz CT molecular complexity index is 1210. The summed E-state index contributed by atoms with van der Waals surface area (Å²) in [6.45, 7) is 5.47. The molecule has 1 saturated heterocycles. The summed E-state index contributed by atoms with van der Waals surface area (Å²) >= 11 is 3.37. The van der Waals surface area contributed by atoms with Crippen molar-refractivity contribution in [1.29, 1.82) is 0 Å². The Balaban J connectivity index is 1.75. The van der Waals surface area contributed by atoms with Crippen LogP contribution in [-0.2, 0) is 6.54 Å². The molecule has 5 nitrogen and oxygen atoms in total. The summed E-state index contributed by atoms with van der Waals surface area (Å²) in [5.41, 5.74) is 1.56. The first-order valence-corrected chi connectivity index (χ1v) is 11.1. The van der Waals surface area contributed by atoms with E-state index in [4.69, 9.17) is 0 Å². The van der Waals surface area contributed by atoms with Crippen LogP contribution in [0.3, 0.4) is 0 Å². The Morgan fingerprint density at radius 1 is 1.19 bits per heavy atom. The fourth-order valence-corrected chi connectivity index (χ4v) is 4.08. The van der Waals surface area contributed by atoms with Crippen LogP contribution in [0.4, 0.5) is 10.1 Å². The summed E-state index contributed by atoms with van der Waals surface area (Å²) in [5.74, 6) is -0.840. The summed E-state index contributed by atoms with van der Waals surface area (Å²) in [5, 5.41) is 3.48. The van der Waals surface area contributed by atoms with Crippen molar-refractivity contribution >= 4 is 44.4 Å². The van der Waals surface area contributed by atoms with E-state index in [1.165, 1.54) is 12.1 Å². The lowest BCUT2D eigenvalue weighted by atomic mass is 10.1. The van der Waals surface area contributed by atoms with Crippen LogP contribution in [0.15, 0.2) is 57.9 Å². The third-order valence-corrected chi connectivity index (χ3v) is 6.04. The number of halogens is 2. The van der Waals surface area contributed by atoms with Crippen LogP contribution in [0, 0.1) is 5.82 Å². The van der Waals surface area contributed by atoms with E-state index in [9.17, 15) is 14.0 Å². The number of nitrogens with zero attached hydrogens (tertiary/aromatic N) is 2. The topological polar surface area (TPSA) is 54.3 Å². The number of anilines is 1. The molecule has 0 bridgehead atoms. The van der Waals surface area contributed by atoms with E-state index < -0.39 is 17.0 Å². The average molecular weight is 484 g/mol. The van der Waals surface area contributed by atoms with Gasteiger partial charge in [0.25, 0.3) is 0 Å². The van der Waals surface area contributed by atoms with E-state index in [1.54, 1.807) is 18.3 Å². The van der Waals surface area contributed by atoms with Crippen molar-refractivity contribution < 1.29 is 9.18 Å². The number of allylic oxidation sites excluding steroid dienone is 1. The van der Waals surface area contributed by atoms with Crippen molar-refractivity contribution in [2.75, 3.05) is 31.1 Å². The third-order valence-electron chi connectivity index (χ3n) is 5.51. The van der Waals surface area contributed by atoms with Gasteiger partial charge >= 0.3 is 0 Å². The predicted octanol–water partition coefficient (Wildman–Crippen LogP) is 4.23. The number of aromatic nitrogens is 1. The van der Waals surface area contributed by atoms with Crippen molar-refractivity contribution in [1.82, 2.24) is 9.88 Å². The van der Waals surface area contributed by atoms with Gasteiger partial charge in [0.2, 0.25) is 5.43 Å². The zero-order valence-corrected chi connectivity index (χ0v) is 18.8. The molecule has 4 rings (SSSR count). The number of fused-ring (bicyclic) bond motifs is 1. The van der Waals surface area contributed by atoms with Crippen molar-refractivity contribution in [2.24, 2.45) is 0 Å². The summed E-state index contributed by atoms with van der Waals surface area (Å²) in [6.07, 6.45) is 4.64. The number of carbonyl (C=O) groups is 1. The van der Waals surface area contributed by atoms with Crippen LogP contribution in [0.1, 0.15) is 22.8 Å². The molecule has 31 heavy (non-hydrogen) atoms. The highest BCUT2D eigenvalue weighted by Gasteiger charge is 2.19. The number of piperazine rings is 1. The molecule has 1 aromatic heterocycles. The van der Waals surface area contributed by atoms with E-state index in [0.717, 1.165) is 23.1 Å². The monoisotopic (exact) mass is 483 g/mol. The molecule has 2 aromatic carbocycles. The first-order chi connectivity index (χ1) is 15.0. The molecular formula is C24H23BrFN3O2. The maximum Gasteiger partial charge on any atom is 0.200 e. The van der Waals surface area contributed by atoms with Crippen molar-refractivity contribution in [3.63, 3.8) is 0 Å². The zero-order valence-electron chi connectivity index (χ0n) is 17.2. The lowest BCUT2D eigenvalue weighted by Crippen LogP contribution is -2.43. The van der Waals surface area contributed by atoms with Gasteiger partial charge in [-0.1, -0.05) is 34.1 Å².